The summed E-state index contributed by atoms with van der Waals surface area (Å²) in [5.41, 5.74) is -0.413. The molecule has 1 heterocycles. The number of hydrogen-bond acceptors (Lipinski definition) is 3. The van der Waals surface area contributed by atoms with Crippen molar-refractivity contribution in [1.29, 1.82) is 0 Å². The van der Waals surface area contributed by atoms with Crippen LogP contribution in [-0.4, -0.2) is 15.9 Å². The van der Waals surface area contributed by atoms with Gasteiger partial charge in [0.15, 0.2) is 0 Å². The highest BCUT2D eigenvalue weighted by molar-refractivity contribution is 9.10. The van der Waals surface area contributed by atoms with Crippen molar-refractivity contribution in [3.63, 3.8) is 0 Å². The lowest BCUT2D eigenvalue weighted by molar-refractivity contribution is -0.137. The summed E-state index contributed by atoms with van der Waals surface area (Å²) in [5, 5.41) is 2.47. The highest BCUT2D eigenvalue weighted by atomic mass is 79.9. The second kappa shape index (κ2) is 6.21. The minimum Gasteiger partial charge on any atom is -0.345 e. The Morgan fingerprint density at radius 3 is 2.52 bits per heavy atom. The summed E-state index contributed by atoms with van der Waals surface area (Å²) in [6, 6.07) is 4.75. The van der Waals surface area contributed by atoms with Crippen molar-refractivity contribution in [2.45, 2.75) is 12.7 Å². The summed E-state index contributed by atoms with van der Waals surface area (Å²) < 4.78 is 38.3. The van der Waals surface area contributed by atoms with E-state index in [0.717, 1.165) is 12.1 Å². The number of alkyl halides is 3. The van der Waals surface area contributed by atoms with Crippen LogP contribution in [0.1, 0.15) is 21.7 Å². The van der Waals surface area contributed by atoms with Crippen molar-refractivity contribution in [1.82, 2.24) is 15.3 Å². The van der Waals surface area contributed by atoms with Gasteiger partial charge in [0, 0.05) is 18.9 Å². The molecule has 0 aliphatic rings. The van der Waals surface area contributed by atoms with E-state index in [-0.39, 0.29) is 12.4 Å². The molecular weight excluding hydrogens is 351 g/mol. The van der Waals surface area contributed by atoms with Gasteiger partial charge in [0.2, 0.25) is 5.82 Å². The third-order valence-electron chi connectivity index (χ3n) is 2.53. The smallest absolute Gasteiger partial charge is 0.345 e. The first kappa shape index (κ1) is 15.4. The Kier molecular flexibility index (Phi) is 4.56. The fourth-order valence-corrected chi connectivity index (χ4v) is 1.75. The van der Waals surface area contributed by atoms with Gasteiger partial charge in [-0.2, -0.15) is 13.2 Å². The molecule has 21 heavy (non-hydrogen) atoms. The summed E-state index contributed by atoms with van der Waals surface area (Å²) in [7, 11) is 0. The van der Waals surface area contributed by atoms with Gasteiger partial charge in [-0.15, -0.1) is 0 Å². The number of carbonyl (C=O) groups is 1. The van der Waals surface area contributed by atoms with Crippen LogP contribution in [0.4, 0.5) is 13.2 Å². The van der Waals surface area contributed by atoms with Crippen molar-refractivity contribution in [3.05, 3.63) is 58.1 Å². The van der Waals surface area contributed by atoms with E-state index >= 15 is 0 Å². The molecule has 0 saturated heterocycles. The van der Waals surface area contributed by atoms with Crippen LogP contribution < -0.4 is 5.32 Å². The number of halogens is 4. The van der Waals surface area contributed by atoms with E-state index in [0.29, 0.717) is 10.0 Å². The van der Waals surface area contributed by atoms with Crippen LogP contribution in [0.5, 0.6) is 0 Å². The Bertz CT molecular complexity index is 644. The van der Waals surface area contributed by atoms with Crippen molar-refractivity contribution in [2.75, 3.05) is 0 Å². The van der Waals surface area contributed by atoms with Crippen LogP contribution in [0.2, 0.25) is 0 Å². The zero-order valence-electron chi connectivity index (χ0n) is 10.5. The quantitative estimate of drug-likeness (QED) is 0.915. The van der Waals surface area contributed by atoms with E-state index in [1.165, 1.54) is 24.5 Å². The van der Waals surface area contributed by atoms with Crippen LogP contribution >= 0.6 is 15.9 Å². The molecule has 0 bridgehead atoms. The summed E-state index contributed by atoms with van der Waals surface area (Å²) in [5.74, 6) is -0.606. The molecule has 2 rings (SSSR count). The third kappa shape index (κ3) is 4.25. The van der Waals surface area contributed by atoms with Gasteiger partial charge in [-0.05, 0) is 33.6 Å². The summed E-state index contributed by atoms with van der Waals surface area (Å²) >= 11 is 3.13. The highest BCUT2D eigenvalue weighted by Crippen LogP contribution is 2.29. The van der Waals surface area contributed by atoms with E-state index in [4.69, 9.17) is 0 Å². The molecule has 110 valence electrons. The van der Waals surface area contributed by atoms with Crippen molar-refractivity contribution >= 4 is 21.8 Å². The molecule has 1 amide bonds. The number of rotatable bonds is 3. The minimum atomic E-state index is -4.41. The monoisotopic (exact) mass is 359 g/mol. The second-order valence-corrected chi connectivity index (χ2v) is 5.02. The molecule has 0 aliphatic heterocycles. The first-order chi connectivity index (χ1) is 9.86. The topological polar surface area (TPSA) is 54.9 Å². The Morgan fingerprint density at radius 2 is 1.90 bits per heavy atom. The summed E-state index contributed by atoms with van der Waals surface area (Å²) in [4.78, 5) is 19.3. The first-order valence-electron chi connectivity index (χ1n) is 5.78. The van der Waals surface area contributed by atoms with Crippen LogP contribution in [0, 0.1) is 0 Å². The number of benzene rings is 1. The standard InChI is InChI=1S/C13H9BrF3N3O/c14-10-6-18-11(19-7-10)12(21)20-5-8-2-1-3-9(4-8)13(15,16)17/h1-4,6-7H,5H2,(H,20,21). The van der Waals surface area contributed by atoms with E-state index in [1.54, 1.807) is 0 Å². The number of nitrogens with one attached hydrogen (secondary N) is 1. The maximum absolute atomic E-state index is 12.6. The molecule has 1 aromatic heterocycles. The van der Waals surface area contributed by atoms with Gasteiger partial charge in [-0.25, -0.2) is 9.97 Å². The molecule has 0 spiro atoms. The summed E-state index contributed by atoms with van der Waals surface area (Å²) in [6.45, 7) is -0.0395. The number of aromatic nitrogens is 2. The van der Waals surface area contributed by atoms with Gasteiger partial charge >= 0.3 is 6.18 Å². The van der Waals surface area contributed by atoms with Gasteiger partial charge in [0.1, 0.15) is 0 Å². The molecule has 8 heteroatoms. The SMILES string of the molecule is O=C(NCc1cccc(C(F)(F)F)c1)c1ncc(Br)cn1. The number of hydrogen-bond donors (Lipinski definition) is 1. The van der Waals surface area contributed by atoms with Gasteiger partial charge in [-0.3, -0.25) is 4.79 Å². The fourth-order valence-electron chi connectivity index (χ4n) is 1.55. The summed E-state index contributed by atoms with van der Waals surface area (Å²) in [6.07, 6.45) is -1.59. The fraction of sp³-hybridized carbons (Fsp3) is 0.154. The molecule has 0 aliphatic carbocycles. The Labute approximate surface area is 126 Å². The highest BCUT2D eigenvalue weighted by Gasteiger charge is 2.30. The molecule has 0 radical (unpaired) electrons. The third-order valence-corrected chi connectivity index (χ3v) is 2.94. The Balaban J connectivity index is 2.03. The molecule has 0 saturated carbocycles. The molecule has 0 unspecified atom stereocenters. The molecule has 0 fully saturated rings. The maximum atomic E-state index is 12.6. The van der Waals surface area contributed by atoms with Crippen LogP contribution in [0.3, 0.4) is 0 Å². The molecule has 0 atom stereocenters. The van der Waals surface area contributed by atoms with Gasteiger partial charge in [-0.1, -0.05) is 12.1 Å². The average Bonchev–Trinajstić information content (AvgIpc) is 2.45. The van der Waals surface area contributed by atoms with Crippen molar-refractivity contribution in [2.24, 2.45) is 0 Å². The van der Waals surface area contributed by atoms with E-state index in [9.17, 15) is 18.0 Å². The van der Waals surface area contributed by atoms with E-state index in [1.807, 2.05) is 0 Å². The zero-order valence-corrected chi connectivity index (χ0v) is 12.1. The van der Waals surface area contributed by atoms with Crippen molar-refractivity contribution in [3.8, 4) is 0 Å². The minimum absolute atomic E-state index is 0.0395. The van der Waals surface area contributed by atoms with Gasteiger partial charge in [0.25, 0.3) is 5.91 Å². The zero-order chi connectivity index (χ0) is 15.5. The van der Waals surface area contributed by atoms with Crippen LogP contribution in [-0.2, 0) is 12.7 Å². The molecule has 2 aromatic rings. The number of carbonyl (C=O) groups excluding carboxylic acids is 1. The first-order valence-corrected chi connectivity index (χ1v) is 6.57. The van der Waals surface area contributed by atoms with E-state index in [2.05, 4.69) is 31.2 Å². The molecule has 1 N–H and O–H groups in total. The van der Waals surface area contributed by atoms with Gasteiger partial charge in [0.05, 0.1) is 10.0 Å². The predicted molar refractivity (Wildman–Crippen MR) is 72.3 cm³/mol. The lowest BCUT2D eigenvalue weighted by Crippen LogP contribution is -2.25. The molecule has 4 nitrogen and oxygen atoms in total. The van der Waals surface area contributed by atoms with Crippen LogP contribution in [0.15, 0.2) is 41.1 Å². The predicted octanol–water partition coefficient (Wildman–Crippen LogP) is 3.19. The van der Waals surface area contributed by atoms with Crippen LogP contribution in [0.25, 0.3) is 0 Å². The average molecular weight is 360 g/mol. The Morgan fingerprint density at radius 1 is 1.24 bits per heavy atom. The normalized spacial score (nSPS) is 11.2. The number of amides is 1. The maximum Gasteiger partial charge on any atom is 0.416 e. The molecule has 1 aromatic carbocycles. The molecular formula is C13H9BrF3N3O. The van der Waals surface area contributed by atoms with Gasteiger partial charge < -0.3 is 5.32 Å². The lowest BCUT2D eigenvalue weighted by Gasteiger charge is -2.09. The Hall–Kier alpha value is -1.96. The second-order valence-electron chi connectivity index (χ2n) is 4.11. The largest absolute Gasteiger partial charge is 0.416 e. The lowest BCUT2D eigenvalue weighted by atomic mass is 10.1. The van der Waals surface area contributed by atoms with E-state index < -0.39 is 17.6 Å². The van der Waals surface area contributed by atoms with Crippen molar-refractivity contribution < 1.29 is 18.0 Å². The number of nitrogens with zero attached hydrogens (tertiary/aromatic N) is 2.